The van der Waals surface area contributed by atoms with E-state index >= 15 is 0 Å². The zero-order valence-corrected chi connectivity index (χ0v) is 10.2. The molecule has 0 bridgehead atoms. The quantitative estimate of drug-likeness (QED) is 0.754. The zero-order chi connectivity index (χ0) is 11.7. The predicted octanol–water partition coefficient (Wildman–Crippen LogP) is 3.03. The highest BCUT2D eigenvalue weighted by Gasteiger charge is 2.21. The first-order valence-corrected chi connectivity index (χ1v) is 6.76. The fourth-order valence-electron chi connectivity index (χ4n) is 3.10. The van der Waals surface area contributed by atoms with E-state index in [0.717, 1.165) is 31.6 Å². The molecule has 17 heavy (non-hydrogen) atoms. The fourth-order valence-corrected chi connectivity index (χ4v) is 3.10. The van der Waals surface area contributed by atoms with Gasteiger partial charge in [-0.1, -0.05) is 25.0 Å². The second kappa shape index (κ2) is 4.69. The predicted molar refractivity (Wildman–Crippen MR) is 67.5 cm³/mol. The van der Waals surface area contributed by atoms with Crippen LogP contribution in [0.4, 0.5) is 0 Å². The van der Waals surface area contributed by atoms with Crippen molar-refractivity contribution in [2.24, 2.45) is 0 Å². The Hall–Kier alpha value is -1.02. The number of aliphatic hydroxyl groups excluding tert-OH is 1. The van der Waals surface area contributed by atoms with E-state index in [2.05, 4.69) is 18.2 Å². The molecule has 0 aromatic heterocycles. The van der Waals surface area contributed by atoms with Crippen molar-refractivity contribution in [3.63, 3.8) is 0 Å². The smallest absolute Gasteiger partial charge is 0.122 e. The molecular weight excluding hydrogens is 212 g/mol. The van der Waals surface area contributed by atoms with Crippen LogP contribution in [0.1, 0.15) is 49.1 Å². The molecule has 1 aromatic rings. The highest BCUT2D eigenvalue weighted by atomic mass is 16.5. The lowest BCUT2D eigenvalue weighted by Crippen LogP contribution is -2.09. The summed E-state index contributed by atoms with van der Waals surface area (Å²) >= 11 is 0. The second-order valence-electron chi connectivity index (χ2n) is 5.34. The Morgan fingerprint density at radius 1 is 1.18 bits per heavy atom. The summed E-state index contributed by atoms with van der Waals surface area (Å²) in [6.07, 6.45) is 6.48. The third-order valence-electron chi connectivity index (χ3n) is 4.08. The molecule has 92 valence electrons. The molecule has 2 aliphatic rings. The van der Waals surface area contributed by atoms with Gasteiger partial charge in [0.2, 0.25) is 0 Å². The molecule has 1 heterocycles. The average Bonchev–Trinajstić information content (AvgIpc) is 2.69. The maximum atomic E-state index is 9.89. The number of hydrogen-bond donors (Lipinski definition) is 1. The molecule has 1 saturated carbocycles. The summed E-state index contributed by atoms with van der Waals surface area (Å²) < 4.78 is 5.54. The van der Waals surface area contributed by atoms with Gasteiger partial charge in [0.05, 0.1) is 12.7 Å². The van der Waals surface area contributed by atoms with Crippen molar-refractivity contribution in [2.45, 2.75) is 50.5 Å². The first kappa shape index (κ1) is 11.1. The van der Waals surface area contributed by atoms with E-state index < -0.39 is 0 Å². The summed E-state index contributed by atoms with van der Waals surface area (Å²) in [5.41, 5.74) is 2.75. The molecule has 2 unspecified atom stereocenters. The van der Waals surface area contributed by atoms with Gasteiger partial charge in [0, 0.05) is 6.42 Å². The first-order chi connectivity index (χ1) is 8.33. The van der Waals surface area contributed by atoms with E-state index in [1.165, 1.54) is 30.4 Å². The summed E-state index contributed by atoms with van der Waals surface area (Å²) in [4.78, 5) is 0. The van der Waals surface area contributed by atoms with Crippen LogP contribution in [-0.2, 0) is 6.42 Å². The van der Waals surface area contributed by atoms with Crippen LogP contribution in [0, 0.1) is 0 Å². The molecule has 1 fully saturated rings. The minimum Gasteiger partial charge on any atom is -0.493 e. The first-order valence-electron chi connectivity index (χ1n) is 6.76. The van der Waals surface area contributed by atoms with Gasteiger partial charge in [-0.05, 0) is 42.4 Å². The van der Waals surface area contributed by atoms with Gasteiger partial charge in [0.1, 0.15) is 5.75 Å². The molecule has 1 aliphatic heterocycles. The van der Waals surface area contributed by atoms with E-state index in [4.69, 9.17) is 4.74 Å². The van der Waals surface area contributed by atoms with Crippen molar-refractivity contribution < 1.29 is 9.84 Å². The van der Waals surface area contributed by atoms with Crippen LogP contribution in [-0.4, -0.2) is 17.8 Å². The Balaban J connectivity index is 1.82. The van der Waals surface area contributed by atoms with Gasteiger partial charge < -0.3 is 9.84 Å². The van der Waals surface area contributed by atoms with Crippen LogP contribution in [0.25, 0.3) is 0 Å². The number of fused-ring (bicyclic) bond motifs is 1. The highest BCUT2D eigenvalue weighted by molar-refractivity contribution is 5.41. The lowest BCUT2D eigenvalue weighted by molar-refractivity contribution is 0.152. The largest absolute Gasteiger partial charge is 0.493 e. The Morgan fingerprint density at radius 3 is 3.00 bits per heavy atom. The van der Waals surface area contributed by atoms with E-state index in [-0.39, 0.29) is 6.10 Å². The summed E-state index contributed by atoms with van der Waals surface area (Å²) in [5.74, 6) is 1.60. The van der Waals surface area contributed by atoms with Crippen LogP contribution in [0.2, 0.25) is 0 Å². The van der Waals surface area contributed by atoms with Gasteiger partial charge in [0.25, 0.3) is 0 Å². The van der Waals surface area contributed by atoms with Crippen molar-refractivity contribution >= 4 is 0 Å². The molecule has 0 amide bonds. The number of benzene rings is 1. The molecule has 1 N–H and O–H groups in total. The minimum absolute atomic E-state index is 0.105. The van der Waals surface area contributed by atoms with Crippen LogP contribution in [0.3, 0.4) is 0 Å². The Morgan fingerprint density at radius 2 is 2.06 bits per heavy atom. The van der Waals surface area contributed by atoms with Crippen LogP contribution < -0.4 is 4.74 Å². The van der Waals surface area contributed by atoms with Crippen molar-refractivity contribution in [2.75, 3.05) is 6.61 Å². The molecule has 1 aliphatic carbocycles. The highest BCUT2D eigenvalue weighted by Crippen LogP contribution is 2.35. The zero-order valence-electron chi connectivity index (χ0n) is 10.2. The Labute approximate surface area is 103 Å². The normalized spacial score (nSPS) is 28.3. The summed E-state index contributed by atoms with van der Waals surface area (Å²) in [7, 11) is 0. The van der Waals surface area contributed by atoms with Gasteiger partial charge in [-0.2, -0.15) is 0 Å². The van der Waals surface area contributed by atoms with E-state index in [1.54, 1.807) is 0 Å². The maximum absolute atomic E-state index is 9.89. The molecule has 0 spiro atoms. The topological polar surface area (TPSA) is 29.5 Å². The fraction of sp³-hybridized carbons (Fsp3) is 0.600. The van der Waals surface area contributed by atoms with Crippen molar-refractivity contribution in [1.82, 2.24) is 0 Å². The number of hydrogen-bond acceptors (Lipinski definition) is 2. The standard InChI is InChI=1S/C15H20O2/c16-14-4-2-1-3-11(10-14)12-5-6-15-13(9-12)7-8-17-15/h5-6,9,11,14,16H,1-4,7-8,10H2. The van der Waals surface area contributed by atoms with E-state index in [1.807, 2.05) is 0 Å². The van der Waals surface area contributed by atoms with Gasteiger partial charge in [0.15, 0.2) is 0 Å². The van der Waals surface area contributed by atoms with Crippen LogP contribution in [0.15, 0.2) is 18.2 Å². The van der Waals surface area contributed by atoms with Crippen LogP contribution >= 0.6 is 0 Å². The Bertz CT molecular complexity index is 400. The molecule has 3 rings (SSSR count). The summed E-state index contributed by atoms with van der Waals surface area (Å²) in [6.45, 7) is 0.825. The molecule has 0 saturated heterocycles. The van der Waals surface area contributed by atoms with Crippen molar-refractivity contribution in [1.29, 1.82) is 0 Å². The number of ether oxygens (including phenoxy) is 1. The van der Waals surface area contributed by atoms with E-state index in [0.29, 0.717) is 5.92 Å². The molecular formula is C15H20O2. The number of rotatable bonds is 1. The maximum Gasteiger partial charge on any atom is 0.122 e. The lowest BCUT2D eigenvalue weighted by atomic mass is 9.90. The van der Waals surface area contributed by atoms with Gasteiger partial charge >= 0.3 is 0 Å². The minimum atomic E-state index is -0.105. The molecule has 2 nitrogen and oxygen atoms in total. The van der Waals surface area contributed by atoms with Gasteiger partial charge in [-0.25, -0.2) is 0 Å². The van der Waals surface area contributed by atoms with Gasteiger partial charge in [-0.15, -0.1) is 0 Å². The SMILES string of the molecule is OC1CCCCC(c2ccc3c(c2)CCO3)C1. The van der Waals surface area contributed by atoms with Gasteiger partial charge in [-0.3, -0.25) is 0 Å². The number of aliphatic hydroxyl groups is 1. The third kappa shape index (κ3) is 2.32. The molecule has 2 atom stereocenters. The van der Waals surface area contributed by atoms with Crippen molar-refractivity contribution in [3.05, 3.63) is 29.3 Å². The monoisotopic (exact) mass is 232 g/mol. The van der Waals surface area contributed by atoms with Crippen LogP contribution in [0.5, 0.6) is 5.75 Å². The Kier molecular flexibility index (Phi) is 3.06. The summed E-state index contributed by atoms with van der Waals surface area (Å²) in [5, 5.41) is 9.89. The lowest BCUT2D eigenvalue weighted by Gasteiger charge is -2.17. The second-order valence-corrected chi connectivity index (χ2v) is 5.34. The van der Waals surface area contributed by atoms with E-state index in [9.17, 15) is 5.11 Å². The average molecular weight is 232 g/mol. The third-order valence-corrected chi connectivity index (χ3v) is 4.08. The summed E-state index contributed by atoms with van der Waals surface area (Å²) in [6, 6.07) is 6.59. The molecule has 0 radical (unpaired) electrons. The molecule has 2 heteroatoms. The van der Waals surface area contributed by atoms with Crippen molar-refractivity contribution in [3.8, 4) is 5.75 Å². The molecule has 1 aromatic carbocycles.